The third-order valence-electron chi connectivity index (χ3n) is 4.17. The second kappa shape index (κ2) is 8.60. The van der Waals surface area contributed by atoms with Crippen molar-refractivity contribution in [2.24, 2.45) is 0 Å². The molecule has 2 aromatic heterocycles. The summed E-state index contributed by atoms with van der Waals surface area (Å²) in [6.07, 6.45) is 7.27. The summed E-state index contributed by atoms with van der Waals surface area (Å²) < 4.78 is 0. The van der Waals surface area contributed by atoms with Crippen LogP contribution in [-0.4, -0.2) is 39.4 Å². The number of aromatic nitrogens is 3. The van der Waals surface area contributed by atoms with Crippen LogP contribution in [0.15, 0.2) is 55.1 Å². The van der Waals surface area contributed by atoms with Gasteiger partial charge in [0.25, 0.3) is 5.91 Å². The molecule has 7 heteroatoms. The van der Waals surface area contributed by atoms with Gasteiger partial charge >= 0.3 is 0 Å². The van der Waals surface area contributed by atoms with E-state index in [-0.39, 0.29) is 5.91 Å². The Morgan fingerprint density at radius 1 is 1.15 bits per heavy atom. The molecule has 0 aliphatic rings. The molecule has 0 fully saturated rings. The molecular weight excluding hydrogens is 362 g/mol. The lowest BCUT2D eigenvalue weighted by Gasteiger charge is -2.16. The third-order valence-corrected chi connectivity index (χ3v) is 4.40. The van der Waals surface area contributed by atoms with Crippen LogP contribution in [0.4, 0.5) is 11.5 Å². The first-order valence-corrected chi connectivity index (χ1v) is 8.90. The topological polar surface area (TPSA) is 71.0 Å². The maximum absolute atomic E-state index is 12.5. The highest BCUT2D eigenvalue weighted by molar-refractivity contribution is 6.30. The first-order valence-electron chi connectivity index (χ1n) is 8.52. The van der Waals surface area contributed by atoms with Crippen molar-refractivity contribution >= 4 is 29.0 Å². The van der Waals surface area contributed by atoms with E-state index in [0.29, 0.717) is 23.1 Å². The summed E-state index contributed by atoms with van der Waals surface area (Å²) in [6, 6.07) is 9.46. The average Bonchev–Trinajstić information content (AvgIpc) is 2.70. The predicted octanol–water partition coefficient (Wildman–Crippen LogP) is 3.89. The van der Waals surface area contributed by atoms with Gasteiger partial charge in [-0.25, -0.2) is 9.97 Å². The SMILES string of the molecule is Cc1ccc(Cl)cc1Nc1cnc(C(=O)N(C)CCc2ccncc2)cn1. The molecule has 0 aliphatic heterocycles. The molecule has 0 saturated heterocycles. The van der Waals surface area contributed by atoms with E-state index < -0.39 is 0 Å². The van der Waals surface area contributed by atoms with Gasteiger partial charge in [-0.05, 0) is 48.7 Å². The molecule has 27 heavy (non-hydrogen) atoms. The lowest BCUT2D eigenvalue weighted by atomic mass is 10.2. The van der Waals surface area contributed by atoms with Crippen LogP contribution in [0.25, 0.3) is 0 Å². The van der Waals surface area contributed by atoms with Gasteiger partial charge in [0.05, 0.1) is 12.4 Å². The lowest BCUT2D eigenvalue weighted by molar-refractivity contribution is 0.0790. The Hall–Kier alpha value is -2.99. The fourth-order valence-electron chi connectivity index (χ4n) is 2.51. The highest BCUT2D eigenvalue weighted by Gasteiger charge is 2.14. The predicted molar refractivity (Wildman–Crippen MR) is 106 cm³/mol. The van der Waals surface area contributed by atoms with Gasteiger partial charge in [-0.1, -0.05) is 17.7 Å². The molecule has 6 nitrogen and oxygen atoms in total. The fourth-order valence-corrected chi connectivity index (χ4v) is 2.69. The van der Waals surface area contributed by atoms with Gasteiger partial charge in [-0.3, -0.25) is 9.78 Å². The molecule has 0 bridgehead atoms. The molecule has 0 saturated carbocycles. The number of halogens is 1. The minimum atomic E-state index is -0.165. The molecule has 1 amide bonds. The Kier molecular flexibility index (Phi) is 5.98. The summed E-state index contributed by atoms with van der Waals surface area (Å²) in [6.45, 7) is 2.56. The average molecular weight is 382 g/mol. The highest BCUT2D eigenvalue weighted by atomic mass is 35.5. The number of aryl methyl sites for hydroxylation is 1. The first-order chi connectivity index (χ1) is 13.0. The van der Waals surface area contributed by atoms with Crippen molar-refractivity contribution in [2.75, 3.05) is 18.9 Å². The van der Waals surface area contributed by atoms with Gasteiger partial charge in [0.1, 0.15) is 11.5 Å². The number of nitrogens with zero attached hydrogens (tertiary/aromatic N) is 4. The number of carbonyl (C=O) groups excluding carboxylic acids is 1. The largest absolute Gasteiger partial charge is 0.340 e. The van der Waals surface area contributed by atoms with E-state index in [1.54, 1.807) is 30.5 Å². The van der Waals surface area contributed by atoms with Crippen LogP contribution in [0.3, 0.4) is 0 Å². The summed E-state index contributed by atoms with van der Waals surface area (Å²) in [4.78, 5) is 26.7. The van der Waals surface area contributed by atoms with E-state index in [2.05, 4.69) is 20.3 Å². The molecule has 3 rings (SSSR count). The van der Waals surface area contributed by atoms with E-state index >= 15 is 0 Å². The maximum atomic E-state index is 12.5. The number of pyridine rings is 1. The van der Waals surface area contributed by atoms with Crippen molar-refractivity contribution in [3.05, 3.63) is 77.0 Å². The Morgan fingerprint density at radius 2 is 1.93 bits per heavy atom. The normalized spacial score (nSPS) is 10.5. The van der Waals surface area contributed by atoms with Crippen LogP contribution < -0.4 is 5.32 Å². The Labute approximate surface area is 163 Å². The molecule has 0 atom stereocenters. The summed E-state index contributed by atoms with van der Waals surface area (Å²) in [7, 11) is 1.76. The van der Waals surface area contributed by atoms with Crippen molar-refractivity contribution in [2.45, 2.75) is 13.3 Å². The molecule has 0 unspecified atom stereocenters. The standard InChI is InChI=1S/C20H20ClN5O/c1-14-3-4-16(21)11-17(14)25-19-13-23-18(12-24-19)20(27)26(2)10-7-15-5-8-22-9-6-15/h3-6,8-9,11-13H,7,10H2,1-2H3,(H,24,25). The van der Waals surface area contributed by atoms with Gasteiger partial charge < -0.3 is 10.2 Å². The quantitative estimate of drug-likeness (QED) is 0.701. The number of likely N-dealkylation sites (N-methyl/N-ethyl adjacent to an activating group) is 1. The van der Waals surface area contributed by atoms with Crippen LogP contribution in [0, 0.1) is 6.92 Å². The first kappa shape index (κ1) is 18.8. The lowest BCUT2D eigenvalue weighted by Crippen LogP contribution is -2.29. The zero-order valence-corrected chi connectivity index (χ0v) is 15.9. The van der Waals surface area contributed by atoms with E-state index in [4.69, 9.17) is 11.6 Å². The van der Waals surface area contributed by atoms with Crippen molar-refractivity contribution in [1.29, 1.82) is 0 Å². The summed E-state index contributed by atoms with van der Waals surface area (Å²) in [5.41, 5.74) is 3.33. The highest BCUT2D eigenvalue weighted by Crippen LogP contribution is 2.23. The number of nitrogens with one attached hydrogen (secondary N) is 1. The Bertz CT molecular complexity index is 915. The number of rotatable bonds is 6. The van der Waals surface area contributed by atoms with Gasteiger partial charge in [0.2, 0.25) is 0 Å². The number of carbonyl (C=O) groups is 1. The smallest absolute Gasteiger partial charge is 0.273 e. The minimum absolute atomic E-state index is 0.165. The van der Waals surface area contributed by atoms with Crippen molar-refractivity contribution in [3.8, 4) is 0 Å². The van der Waals surface area contributed by atoms with E-state index in [1.165, 1.54) is 6.20 Å². The second-order valence-electron chi connectivity index (χ2n) is 6.20. The second-order valence-corrected chi connectivity index (χ2v) is 6.64. The summed E-state index contributed by atoms with van der Waals surface area (Å²) in [5, 5.41) is 3.80. The molecule has 1 aromatic carbocycles. The number of benzene rings is 1. The minimum Gasteiger partial charge on any atom is -0.340 e. The summed E-state index contributed by atoms with van der Waals surface area (Å²) >= 11 is 6.03. The summed E-state index contributed by atoms with van der Waals surface area (Å²) in [5.74, 6) is 0.387. The van der Waals surface area contributed by atoms with E-state index in [9.17, 15) is 4.79 Å². The zero-order chi connectivity index (χ0) is 19.2. The van der Waals surface area contributed by atoms with Gasteiger partial charge in [-0.15, -0.1) is 0 Å². The molecule has 0 radical (unpaired) electrons. The molecule has 0 aliphatic carbocycles. The van der Waals surface area contributed by atoms with Gasteiger partial charge in [0, 0.05) is 36.7 Å². The monoisotopic (exact) mass is 381 g/mol. The zero-order valence-electron chi connectivity index (χ0n) is 15.2. The van der Waals surface area contributed by atoms with Crippen LogP contribution in [0.5, 0.6) is 0 Å². The Balaban J connectivity index is 1.62. The third kappa shape index (κ3) is 5.01. The van der Waals surface area contributed by atoms with Gasteiger partial charge in [-0.2, -0.15) is 0 Å². The van der Waals surface area contributed by atoms with E-state index in [1.807, 2.05) is 37.3 Å². The molecular formula is C20H20ClN5O. The molecule has 3 aromatic rings. The van der Waals surface area contributed by atoms with Crippen molar-refractivity contribution in [3.63, 3.8) is 0 Å². The molecule has 1 N–H and O–H groups in total. The van der Waals surface area contributed by atoms with Crippen LogP contribution in [-0.2, 0) is 6.42 Å². The molecule has 0 spiro atoms. The Morgan fingerprint density at radius 3 is 2.63 bits per heavy atom. The van der Waals surface area contributed by atoms with Gasteiger partial charge in [0.15, 0.2) is 0 Å². The van der Waals surface area contributed by atoms with Crippen molar-refractivity contribution in [1.82, 2.24) is 19.9 Å². The number of hydrogen-bond acceptors (Lipinski definition) is 5. The molecule has 2 heterocycles. The van der Waals surface area contributed by atoms with Crippen LogP contribution >= 0.6 is 11.6 Å². The van der Waals surface area contributed by atoms with E-state index in [0.717, 1.165) is 23.2 Å². The number of anilines is 2. The molecule has 138 valence electrons. The van der Waals surface area contributed by atoms with Crippen LogP contribution in [0.2, 0.25) is 5.02 Å². The number of amides is 1. The van der Waals surface area contributed by atoms with Crippen molar-refractivity contribution < 1.29 is 4.79 Å². The maximum Gasteiger partial charge on any atom is 0.273 e. The fraction of sp³-hybridized carbons (Fsp3) is 0.200. The number of hydrogen-bond donors (Lipinski definition) is 1. The van der Waals surface area contributed by atoms with Crippen LogP contribution in [0.1, 0.15) is 21.6 Å².